The molecular formula is C18H21BN4O6. The summed E-state index contributed by atoms with van der Waals surface area (Å²) in [6.07, 6.45) is 4.14. The smallest absolute Gasteiger partial charge is 0.522 e. The molecule has 10 nitrogen and oxygen atoms in total. The van der Waals surface area contributed by atoms with Crippen molar-refractivity contribution in [3.05, 3.63) is 41.5 Å². The fraction of sp³-hybridized carbons (Fsp3) is 0.389. The number of H-pyrrole nitrogens is 1. The Kier molecular flexibility index (Phi) is 5.16. The normalized spacial score (nSPS) is 17.2. The van der Waals surface area contributed by atoms with Gasteiger partial charge in [-0.15, -0.1) is 0 Å². The maximum absolute atomic E-state index is 12.4. The number of benzene rings is 1. The Hall–Kier alpha value is -3.05. The summed E-state index contributed by atoms with van der Waals surface area (Å²) >= 11 is 0. The van der Waals surface area contributed by atoms with E-state index in [0.717, 1.165) is 5.56 Å². The first-order valence-electron chi connectivity index (χ1n) is 9.35. The molecule has 4 rings (SSSR count). The van der Waals surface area contributed by atoms with Crippen molar-refractivity contribution in [2.45, 2.75) is 31.3 Å². The molecule has 11 heteroatoms. The lowest BCUT2D eigenvalue weighted by Crippen LogP contribution is -2.60. The lowest BCUT2D eigenvalue weighted by Gasteiger charge is -2.40. The van der Waals surface area contributed by atoms with Gasteiger partial charge in [0.15, 0.2) is 0 Å². The Bertz CT molecular complexity index is 915. The van der Waals surface area contributed by atoms with Gasteiger partial charge in [0.05, 0.1) is 31.2 Å². The summed E-state index contributed by atoms with van der Waals surface area (Å²) in [7, 11) is -1.04. The molecule has 1 saturated heterocycles. The molecule has 0 saturated carbocycles. The summed E-state index contributed by atoms with van der Waals surface area (Å²) in [6, 6.07) is 2.63. The number of aromatic carboxylic acids is 1. The zero-order valence-electron chi connectivity index (χ0n) is 15.6. The average molecular weight is 400 g/mol. The number of carboxylic acid groups (broad SMARTS) is 1. The number of aromatic amines is 1. The predicted octanol–water partition coefficient (Wildman–Crippen LogP) is -0.317. The van der Waals surface area contributed by atoms with Crippen LogP contribution in [0.15, 0.2) is 24.7 Å². The monoisotopic (exact) mass is 400 g/mol. The Morgan fingerprint density at radius 3 is 2.93 bits per heavy atom. The lowest BCUT2D eigenvalue weighted by molar-refractivity contribution is -0.141. The zero-order chi connectivity index (χ0) is 20.5. The number of carbonyl (C=O) groups is 2. The molecule has 5 N–H and O–H groups in total. The minimum atomic E-state index is -1.20. The fourth-order valence-corrected chi connectivity index (χ4v) is 3.54. The van der Waals surface area contributed by atoms with Gasteiger partial charge in [0.2, 0.25) is 5.91 Å². The number of carboxylic acids is 1. The van der Waals surface area contributed by atoms with Crippen LogP contribution in [-0.4, -0.2) is 69.2 Å². The Balaban J connectivity index is 1.39. The zero-order valence-corrected chi connectivity index (χ0v) is 15.6. The van der Waals surface area contributed by atoms with Crippen LogP contribution < -0.4 is 15.1 Å². The van der Waals surface area contributed by atoms with E-state index in [9.17, 15) is 19.7 Å². The van der Waals surface area contributed by atoms with Gasteiger partial charge < -0.3 is 35.1 Å². The third-order valence-corrected chi connectivity index (χ3v) is 5.08. The van der Waals surface area contributed by atoms with Crippen LogP contribution in [0.5, 0.6) is 11.5 Å². The Morgan fingerprint density at radius 1 is 1.45 bits per heavy atom. The molecule has 152 valence electrons. The first-order chi connectivity index (χ1) is 13.9. The Morgan fingerprint density at radius 2 is 2.24 bits per heavy atom. The van der Waals surface area contributed by atoms with E-state index in [1.165, 1.54) is 6.33 Å². The summed E-state index contributed by atoms with van der Waals surface area (Å²) < 4.78 is 11.2. The van der Waals surface area contributed by atoms with Crippen molar-refractivity contribution in [3.63, 3.8) is 0 Å². The number of hydrogen-bond acceptors (Lipinski definition) is 7. The number of aromatic nitrogens is 2. The van der Waals surface area contributed by atoms with Crippen molar-refractivity contribution in [2.24, 2.45) is 5.73 Å². The van der Waals surface area contributed by atoms with Crippen molar-refractivity contribution in [3.8, 4) is 11.5 Å². The highest BCUT2D eigenvalue weighted by atomic mass is 16.5. The standard InChI is InChI=1S/C18H21BN4O6/c20-13(5-11-6-21-9-22-11)17(24)23-7-12(8-23)28-14-2-1-10-3-4-19(27)29-16(10)15(14)18(25)26/h1-2,6,9,12-13,27H,3-5,7-8,20H2,(H,21,22)(H,25,26). The number of rotatable bonds is 6. The second-order valence-corrected chi connectivity index (χ2v) is 7.20. The lowest BCUT2D eigenvalue weighted by atomic mass is 9.78. The van der Waals surface area contributed by atoms with Crippen molar-refractivity contribution in [2.75, 3.05) is 13.1 Å². The van der Waals surface area contributed by atoms with E-state index in [2.05, 4.69) is 9.97 Å². The van der Waals surface area contributed by atoms with Gasteiger partial charge in [-0.2, -0.15) is 0 Å². The van der Waals surface area contributed by atoms with Crippen LogP contribution in [0, 0.1) is 0 Å². The molecule has 1 unspecified atom stereocenters. The maximum atomic E-state index is 12.4. The molecule has 2 aliphatic rings. The number of amides is 1. The summed E-state index contributed by atoms with van der Waals surface area (Å²) in [5.74, 6) is -1.10. The number of aryl methyl sites for hydroxylation is 1. The molecule has 3 heterocycles. The summed E-state index contributed by atoms with van der Waals surface area (Å²) in [5, 5.41) is 19.3. The molecule has 1 aromatic carbocycles. The highest BCUT2D eigenvalue weighted by Crippen LogP contribution is 2.37. The summed E-state index contributed by atoms with van der Waals surface area (Å²) in [5.41, 5.74) is 7.28. The van der Waals surface area contributed by atoms with Gasteiger partial charge in [0.1, 0.15) is 23.2 Å². The largest absolute Gasteiger partial charge is 0.535 e. The minimum Gasteiger partial charge on any atom is -0.535 e. The van der Waals surface area contributed by atoms with Crippen LogP contribution >= 0.6 is 0 Å². The topological polar surface area (TPSA) is 151 Å². The van der Waals surface area contributed by atoms with Gasteiger partial charge in [0.25, 0.3) is 0 Å². The summed E-state index contributed by atoms with van der Waals surface area (Å²) in [6.45, 7) is 0.624. The van der Waals surface area contributed by atoms with Gasteiger partial charge in [-0.05, 0) is 24.4 Å². The first-order valence-corrected chi connectivity index (χ1v) is 9.35. The number of hydrogen-bond donors (Lipinski definition) is 4. The van der Waals surface area contributed by atoms with Crippen LogP contribution in [0.4, 0.5) is 0 Å². The molecule has 2 aliphatic heterocycles. The molecule has 0 radical (unpaired) electrons. The van der Waals surface area contributed by atoms with Crippen molar-refractivity contribution >= 4 is 19.0 Å². The molecule has 1 aromatic heterocycles. The van der Waals surface area contributed by atoms with Gasteiger partial charge >= 0.3 is 13.1 Å². The van der Waals surface area contributed by atoms with E-state index >= 15 is 0 Å². The number of carbonyl (C=O) groups excluding carboxylic acids is 1. The van der Waals surface area contributed by atoms with Crippen LogP contribution in [0.1, 0.15) is 21.6 Å². The molecule has 0 aliphatic carbocycles. The number of nitrogens with one attached hydrogen (secondary N) is 1. The van der Waals surface area contributed by atoms with Gasteiger partial charge in [0, 0.05) is 12.6 Å². The van der Waals surface area contributed by atoms with Crippen LogP contribution in [0.25, 0.3) is 0 Å². The first kappa shape index (κ1) is 19.3. The molecular weight excluding hydrogens is 379 g/mol. The predicted molar refractivity (Wildman–Crippen MR) is 102 cm³/mol. The third kappa shape index (κ3) is 3.91. The van der Waals surface area contributed by atoms with Gasteiger partial charge in [-0.3, -0.25) is 4.79 Å². The van der Waals surface area contributed by atoms with E-state index in [-0.39, 0.29) is 29.1 Å². The Labute approximate surface area is 166 Å². The highest BCUT2D eigenvalue weighted by Gasteiger charge is 2.37. The number of imidazole rings is 1. The molecule has 1 fully saturated rings. The SMILES string of the molecule is NC(Cc1c[nH]cn1)C(=O)N1CC(Oc2ccc3c(c2C(=O)O)OB(O)CC3)C1. The fourth-order valence-electron chi connectivity index (χ4n) is 3.54. The van der Waals surface area contributed by atoms with Crippen LogP contribution in [-0.2, 0) is 17.6 Å². The molecule has 0 spiro atoms. The van der Waals surface area contributed by atoms with Crippen molar-refractivity contribution < 1.29 is 29.1 Å². The number of ether oxygens (including phenoxy) is 1. The average Bonchev–Trinajstić information content (AvgIpc) is 3.15. The summed E-state index contributed by atoms with van der Waals surface area (Å²) in [4.78, 5) is 32.6. The van der Waals surface area contributed by atoms with E-state index in [0.29, 0.717) is 37.9 Å². The second-order valence-electron chi connectivity index (χ2n) is 7.20. The van der Waals surface area contributed by atoms with E-state index < -0.39 is 19.1 Å². The van der Waals surface area contributed by atoms with E-state index in [1.54, 1.807) is 23.2 Å². The molecule has 29 heavy (non-hydrogen) atoms. The molecule has 1 atom stereocenters. The third-order valence-electron chi connectivity index (χ3n) is 5.08. The molecule has 2 aromatic rings. The van der Waals surface area contributed by atoms with Crippen molar-refractivity contribution in [1.29, 1.82) is 0 Å². The van der Waals surface area contributed by atoms with Crippen LogP contribution in [0.2, 0.25) is 6.32 Å². The van der Waals surface area contributed by atoms with Crippen molar-refractivity contribution in [1.82, 2.24) is 14.9 Å². The number of nitrogens with two attached hydrogens (primary N) is 1. The highest BCUT2D eigenvalue weighted by molar-refractivity contribution is 6.44. The maximum Gasteiger partial charge on any atom is 0.522 e. The number of fused-ring (bicyclic) bond motifs is 1. The second kappa shape index (κ2) is 7.76. The van der Waals surface area contributed by atoms with Gasteiger partial charge in [-0.25, -0.2) is 9.78 Å². The number of likely N-dealkylation sites (tertiary alicyclic amines) is 1. The van der Waals surface area contributed by atoms with E-state index in [1.807, 2.05) is 0 Å². The quantitative estimate of drug-likeness (QED) is 0.482. The van der Waals surface area contributed by atoms with Gasteiger partial charge in [-0.1, -0.05) is 6.07 Å². The number of nitrogens with zero attached hydrogens (tertiary/aromatic N) is 2. The van der Waals surface area contributed by atoms with Crippen LogP contribution in [0.3, 0.4) is 0 Å². The molecule has 0 bridgehead atoms. The minimum absolute atomic E-state index is 0.110. The molecule has 1 amide bonds. The van der Waals surface area contributed by atoms with E-state index in [4.69, 9.17) is 15.1 Å².